The highest BCUT2D eigenvalue weighted by molar-refractivity contribution is 5.98. The summed E-state index contributed by atoms with van der Waals surface area (Å²) >= 11 is 0. The van der Waals surface area contributed by atoms with E-state index in [1.165, 1.54) is 0 Å². The van der Waals surface area contributed by atoms with E-state index >= 15 is 0 Å². The fraction of sp³-hybridized carbons (Fsp3) is 0.308. The number of rotatable bonds is 5. The maximum Gasteiger partial charge on any atom is 0.341 e. The second kappa shape index (κ2) is 6.05. The summed E-state index contributed by atoms with van der Waals surface area (Å²) in [5.74, 6) is -1.04. The Bertz CT molecular complexity index is 526. The number of amides is 2. The summed E-state index contributed by atoms with van der Waals surface area (Å²) in [6.07, 6.45) is 0.852. The molecule has 0 unspecified atom stereocenters. The van der Waals surface area contributed by atoms with Gasteiger partial charge in [-0.05, 0) is 30.7 Å². The number of nitrogens with one attached hydrogen (secondary N) is 2. The van der Waals surface area contributed by atoms with Gasteiger partial charge in [-0.3, -0.25) is 9.59 Å². The summed E-state index contributed by atoms with van der Waals surface area (Å²) in [4.78, 5) is 33.2. The molecule has 1 fully saturated rings. The van der Waals surface area contributed by atoms with E-state index in [9.17, 15) is 14.4 Å². The predicted octanol–water partition coefficient (Wildman–Crippen LogP) is 0.367. The minimum absolute atomic E-state index is 0.123. The van der Waals surface area contributed by atoms with Crippen molar-refractivity contribution in [3.8, 4) is 5.75 Å². The average molecular weight is 278 g/mol. The van der Waals surface area contributed by atoms with Crippen molar-refractivity contribution in [3.63, 3.8) is 0 Å². The highest BCUT2D eigenvalue weighted by Gasteiger charge is 2.26. The lowest BCUT2D eigenvalue weighted by atomic mass is 10.2. The van der Waals surface area contributed by atoms with Crippen molar-refractivity contribution in [2.24, 2.45) is 0 Å². The van der Waals surface area contributed by atoms with Gasteiger partial charge in [-0.1, -0.05) is 0 Å². The fourth-order valence-electron chi connectivity index (χ4n) is 1.82. The highest BCUT2D eigenvalue weighted by Crippen LogP contribution is 2.17. The van der Waals surface area contributed by atoms with Crippen LogP contribution in [0.5, 0.6) is 5.75 Å². The zero-order valence-corrected chi connectivity index (χ0v) is 10.6. The topological polar surface area (TPSA) is 105 Å². The number of hydrogen-bond donors (Lipinski definition) is 3. The summed E-state index contributed by atoms with van der Waals surface area (Å²) in [5, 5.41) is 13.7. The van der Waals surface area contributed by atoms with Crippen LogP contribution in [0.4, 0.5) is 5.69 Å². The molecular formula is C13H14N2O5. The maximum absolute atomic E-state index is 11.8. The third-order valence-corrected chi connectivity index (χ3v) is 2.80. The molecule has 0 aliphatic carbocycles. The van der Waals surface area contributed by atoms with Gasteiger partial charge < -0.3 is 20.5 Å². The Morgan fingerprint density at radius 3 is 2.60 bits per heavy atom. The number of benzene rings is 1. The number of ether oxygens (including phenoxy) is 1. The minimum atomic E-state index is -1.06. The van der Waals surface area contributed by atoms with Crippen LogP contribution in [0.1, 0.15) is 12.8 Å². The lowest BCUT2D eigenvalue weighted by Gasteiger charge is -2.11. The Balaban J connectivity index is 1.88. The third kappa shape index (κ3) is 3.71. The van der Waals surface area contributed by atoms with Crippen molar-refractivity contribution in [1.82, 2.24) is 5.32 Å². The van der Waals surface area contributed by atoms with Gasteiger partial charge in [0.15, 0.2) is 6.61 Å². The van der Waals surface area contributed by atoms with Crippen molar-refractivity contribution in [2.75, 3.05) is 11.9 Å². The molecule has 7 nitrogen and oxygen atoms in total. The summed E-state index contributed by atoms with van der Waals surface area (Å²) in [5.41, 5.74) is 0.554. The number of carboxylic acids is 1. The molecule has 0 radical (unpaired) electrons. The largest absolute Gasteiger partial charge is 0.482 e. The lowest BCUT2D eigenvalue weighted by molar-refractivity contribution is -0.139. The quantitative estimate of drug-likeness (QED) is 0.721. The Labute approximate surface area is 114 Å². The summed E-state index contributed by atoms with van der Waals surface area (Å²) in [7, 11) is 0. The van der Waals surface area contributed by atoms with E-state index in [1.807, 2.05) is 0 Å². The van der Waals surface area contributed by atoms with E-state index in [0.29, 0.717) is 24.3 Å². The Morgan fingerprint density at radius 2 is 2.05 bits per heavy atom. The number of carbonyl (C=O) groups is 3. The van der Waals surface area contributed by atoms with Crippen molar-refractivity contribution >= 4 is 23.5 Å². The maximum atomic E-state index is 11.8. The van der Waals surface area contributed by atoms with Gasteiger partial charge >= 0.3 is 5.97 Å². The molecule has 1 aliphatic heterocycles. The SMILES string of the molecule is O=C(O)COc1ccc(NC(=O)[C@H]2CCC(=O)N2)cc1. The second-order valence-electron chi connectivity index (χ2n) is 4.35. The number of carbonyl (C=O) groups excluding carboxylic acids is 2. The first-order chi connectivity index (χ1) is 9.54. The van der Waals surface area contributed by atoms with Gasteiger partial charge in [-0.15, -0.1) is 0 Å². The molecule has 1 saturated heterocycles. The molecule has 7 heteroatoms. The molecule has 0 bridgehead atoms. The fourth-order valence-corrected chi connectivity index (χ4v) is 1.82. The van der Waals surface area contributed by atoms with E-state index in [-0.39, 0.29) is 11.8 Å². The summed E-state index contributed by atoms with van der Waals surface area (Å²) in [6.45, 7) is -0.417. The van der Waals surface area contributed by atoms with Crippen LogP contribution in [0.2, 0.25) is 0 Å². The van der Waals surface area contributed by atoms with Crippen LogP contribution in [-0.4, -0.2) is 35.5 Å². The van der Waals surface area contributed by atoms with E-state index in [1.54, 1.807) is 24.3 Å². The number of anilines is 1. The van der Waals surface area contributed by atoms with Crippen LogP contribution >= 0.6 is 0 Å². The molecule has 0 saturated carbocycles. The number of aliphatic carboxylic acids is 1. The third-order valence-electron chi connectivity index (χ3n) is 2.80. The molecule has 2 rings (SSSR count). The Kier molecular flexibility index (Phi) is 4.19. The molecule has 0 spiro atoms. The lowest BCUT2D eigenvalue weighted by Crippen LogP contribution is -2.37. The molecule has 3 N–H and O–H groups in total. The van der Waals surface area contributed by atoms with Gasteiger partial charge in [0, 0.05) is 12.1 Å². The van der Waals surface area contributed by atoms with Crippen LogP contribution in [-0.2, 0) is 14.4 Å². The smallest absolute Gasteiger partial charge is 0.341 e. The molecule has 106 valence electrons. The molecule has 20 heavy (non-hydrogen) atoms. The molecule has 1 aromatic rings. The van der Waals surface area contributed by atoms with Crippen molar-refractivity contribution in [3.05, 3.63) is 24.3 Å². The monoisotopic (exact) mass is 278 g/mol. The highest BCUT2D eigenvalue weighted by atomic mass is 16.5. The van der Waals surface area contributed by atoms with Crippen LogP contribution in [0.15, 0.2) is 24.3 Å². The minimum Gasteiger partial charge on any atom is -0.482 e. The van der Waals surface area contributed by atoms with Crippen LogP contribution in [0.3, 0.4) is 0 Å². The Morgan fingerprint density at radius 1 is 1.35 bits per heavy atom. The zero-order chi connectivity index (χ0) is 14.5. The average Bonchev–Trinajstić information content (AvgIpc) is 2.85. The normalized spacial score (nSPS) is 17.4. The number of carboxylic acid groups (broad SMARTS) is 1. The molecule has 1 heterocycles. The molecule has 1 aromatic carbocycles. The predicted molar refractivity (Wildman–Crippen MR) is 69.4 cm³/mol. The summed E-state index contributed by atoms with van der Waals surface area (Å²) < 4.78 is 4.97. The van der Waals surface area contributed by atoms with Crippen molar-refractivity contribution in [2.45, 2.75) is 18.9 Å². The first kappa shape index (κ1) is 13.9. The first-order valence-corrected chi connectivity index (χ1v) is 6.09. The summed E-state index contributed by atoms with van der Waals surface area (Å²) in [6, 6.07) is 5.83. The second-order valence-corrected chi connectivity index (χ2v) is 4.35. The van der Waals surface area contributed by atoms with E-state index < -0.39 is 18.6 Å². The zero-order valence-electron chi connectivity index (χ0n) is 10.6. The molecule has 2 amide bonds. The molecule has 0 aromatic heterocycles. The van der Waals surface area contributed by atoms with Gasteiger partial charge in [0.05, 0.1) is 0 Å². The standard InChI is InChI=1S/C13H14N2O5/c16-11-6-5-10(15-11)13(19)14-8-1-3-9(4-2-8)20-7-12(17)18/h1-4,10H,5-7H2,(H,14,19)(H,15,16)(H,17,18)/t10-/m1/s1. The van der Waals surface area contributed by atoms with Gasteiger partial charge in [0.2, 0.25) is 11.8 Å². The van der Waals surface area contributed by atoms with E-state index in [2.05, 4.69) is 10.6 Å². The molecular weight excluding hydrogens is 264 g/mol. The Hall–Kier alpha value is -2.57. The number of hydrogen-bond acceptors (Lipinski definition) is 4. The van der Waals surface area contributed by atoms with Crippen LogP contribution in [0.25, 0.3) is 0 Å². The van der Waals surface area contributed by atoms with Gasteiger partial charge in [-0.2, -0.15) is 0 Å². The van der Waals surface area contributed by atoms with Gasteiger partial charge in [0.1, 0.15) is 11.8 Å². The van der Waals surface area contributed by atoms with Gasteiger partial charge in [0.25, 0.3) is 0 Å². The first-order valence-electron chi connectivity index (χ1n) is 6.09. The van der Waals surface area contributed by atoms with Crippen LogP contribution in [0, 0.1) is 0 Å². The molecule has 1 aliphatic rings. The van der Waals surface area contributed by atoms with E-state index in [0.717, 1.165) is 0 Å². The van der Waals surface area contributed by atoms with E-state index in [4.69, 9.17) is 9.84 Å². The van der Waals surface area contributed by atoms with Crippen molar-refractivity contribution in [1.29, 1.82) is 0 Å². The van der Waals surface area contributed by atoms with Crippen molar-refractivity contribution < 1.29 is 24.2 Å². The van der Waals surface area contributed by atoms with Crippen LogP contribution < -0.4 is 15.4 Å². The van der Waals surface area contributed by atoms with Gasteiger partial charge in [-0.25, -0.2) is 4.79 Å². The molecule has 1 atom stereocenters.